The van der Waals surface area contributed by atoms with E-state index in [1.807, 2.05) is 0 Å². The largest absolute Gasteiger partial charge is 0.399 e. The number of rotatable bonds is 10. The molecule has 15 heavy (non-hydrogen) atoms. The van der Waals surface area contributed by atoms with Crippen LogP contribution in [0.1, 0.15) is 6.42 Å². The minimum Gasteiger partial charge on any atom is -0.399 e. The van der Waals surface area contributed by atoms with E-state index in [0.717, 1.165) is 19.6 Å². The molecule has 1 aliphatic rings. The molecule has 90 valence electrons. The Hall–Kier alpha value is 0.0169. The normalized spacial score (nSPS) is 19.8. The minimum atomic E-state index is -1.54. The Labute approximate surface area is 92.4 Å². The second kappa shape index (κ2) is 8.20. The summed E-state index contributed by atoms with van der Waals surface area (Å²) < 4.78 is 26.0. The van der Waals surface area contributed by atoms with Gasteiger partial charge in [0.15, 0.2) is 0 Å². The van der Waals surface area contributed by atoms with Gasteiger partial charge in [0.2, 0.25) is 0 Å². The highest BCUT2D eigenvalue weighted by atomic mass is 28.3. The van der Waals surface area contributed by atoms with E-state index in [2.05, 4.69) is 0 Å². The number of epoxide rings is 1. The van der Waals surface area contributed by atoms with Gasteiger partial charge in [-0.3, -0.25) is 0 Å². The number of hydrogen-bond donors (Lipinski definition) is 0. The Kier molecular flexibility index (Phi) is 7.15. The van der Waals surface area contributed by atoms with Gasteiger partial charge in [-0.1, -0.05) is 0 Å². The molecule has 0 spiro atoms. The lowest BCUT2D eigenvalue weighted by Gasteiger charge is -2.11. The third-order valence-corrected chi connectivity index (χ3v) is 3.62. The maximum atomic E-state index is 5.40. The minimum absolute atomic E-state index is 0.352. The zero-order chi connectivity index (χ0) is 10.9. The number of ether oxygens (including phenoxy) is 3. The third kappa shape index (κ3) is 6.99. The first-order valence-corrected chi connectivity index (χ1v) is 6.95. The fraction of sp³-hybridized carbons (Fsp3) is 1.00. The summed E-state index contributed by atoms with van der Waals surface area (Å²) in [6, 6.07) is 0. The molecule has 0 aromatic heterocycles. The third-order valence-electron chi connectivity index (χ3n) is 2.06. The molecule has 0 amide bonds. The first kappa shape index (κ1) is 13.1. The van der Waals surface area contributed by atoms with Gasteiger partial charge in [0.1, 0.15) is 6.10 Å². The fourth-order valence-electron chi connectivity index (χ4n) is 1.05. The van der Waals surface area contributed by atoms with Gasteiger partial charge in [-0.25, -0.2) is 0 Å². The van der Waals surface area contributed by atoms with Gasteiger partial charge in [0, 0.05) is 27.4 Å². The average Bonchev–Trinajstić information content (AvgIpc) is 3.06. The predicted octanol–water partition coefficient (Wildman–Crippen LogP) is -0.139. The van der Waals surface area contributed by atoms with Crippen LogP contribution in [0.3, 0.4) is 0 Å². The van der Waals surface area contributed by atoms with Gasteiger partial charge < -0.3 is 23.1 Å². The van der Waals surface area contributed by atoms with Gasteiger partial charge in [-0.05, 0) is 6.42 Å². The van der Waals surface area contributed by atoms with Crippen LogP contribution in [0.15, 0.2) is 0 Å². The van der Waals surface area contributed by atoms with Crippen molar-refractivity contribution < 1.29 is 23.1 Å². The van der Waals surface area contributed by atoms with E-state index in [1.165, 1.54) is 0 Å². The lowest BCUT2D eigenvalue weighted by Crippen LogP contribution is -2.26. The Balaban J connectivity index is 1.75. The van der Waals surface area contributed by atoms with Gasteiger partial charge in [0.05, 0.1) is 19.4 Å². The summed E-state index contributed by atoms with van der Waals surface area (Å²) in [5.74, 6) is 0. The average molecular weight is 236 g/mol. The van der Waals surface area contributed by atoms with Crippen molar-refractivity contribution in [3.8, 4) is 0 Å². The second-order valence-electron chi connectivity index (χ2n) is 3.36. The van der Waals surface area contributed by atoms with E-state index in [0.29, 0.717) is 25.5 Å². The van der Waals surface area contributed by atoms with E-state index < -0.39 is 9.28 Å². The van der Waals surface area contributed by atoms with Crippen LogP contribution < -0.4 is 0 Å². The molecule has 0 bridgehead atoms. The van der Waals surface area contributed by atoms with Crippen molar-refractivity contribution in [3.05, 3.63) is 0 Å². The predicted molar refractivity (Wildman–Crippen MR) is 57.2 cm³/mol. The molecule has 1 aliphatic heterocycles. The van der Waals surface area contributed by atoms with Crippen LogP contribution in [0.5, 0.6) is 0 Å². The zero-order valence-corrected chi connectivity index (χ0v) is 10.6. The molecule has 0 N–H and O–H groups in total. The molecule has 1 unspecified atom stereocenters. The maximum Gasteiger partial charge on any atom is 0.347 e. The van der Waals surface area contributed by atoms with E-state index in [9.17, 15) is 0 Å². The Morgan fingerprint density at radius 3 is 2.47 bits per heavy atom. The summed E-state index contributed by atoms with van der Waals surface area (Å²) in [5, 5.41) is 0. The van der Waals surface area contributed by atoms with E-state index in [1.54, 1.807) is 14.2 Å². The van der Waals surface area contributed by atoms with Crippen molar-refractivity contribution in [1.29, 1.82) is 0 Å². The van der Waals surface area contributed by atoms with Crippen LogP contribution in [0.2, 0.25) is 0 Å². The molecule has 0 aromatic carbocycles. The van der Waals surface area contributed by atoms with Crippen molar-refractivity contribution in [2.45, 2.75) is 12.5 Å². The Morgan fingerprint density at radius 1 is 1.20 bits per heavy atom. The van der Waals surface area contributed by atoms with Gasteiger partial charge in [-0.2, -0.15) is 0 Å². The van der Waals surface area contributed by atoms with Crippen LogP contribution in [0.4, 0.5) is 0 Å². The second-order valence-corrected chi connectivity index (χ2v) is 5.49. The quantitative estimate of drug-likeness (QED) is 0.300. The van der Waals surface area contributed by atoms with Crippen LogP contribution in [0.25, 0.3) is 0 Å². The summed E-state index contributed by atoms with van der Waals surface area (Å²) in [6.45, 7) is 2.99. The maximum absolute atomic E-state index is 5.40. The molecule has 0 aliphatic carbocycles. The summed E-state index contributed by atoms with van der Waals surface area (Å²) in [5.41, 5.74) is 0. The molecule has 6 heteroatoms. The molecule has 5 nitrogen and oxygen atoms in total. The molecule has 1 atom stereocenters. The van der Waals surface area contributed by atoms with E-state index in [4.69, 9.17) is 23.1 Å². The van der Waals surface area contributed by atoms with Gasteiger partial charge in [-0.15, -0.1) is 0 Å². The highest BCUT2D eigenvalue weighted by Gasteiger charge is 2.21. The van der Waals surface area contributed by atoms with Gasteiger partial charge >= 0.3 is 9.28 Å². The van der Waals surface area contributed by atoms with Gasteiger partial charge in [0.25, 0.3) is 0 Å². The lowest BCUT2D eigenvalue weighted by atomic mass is 10.5. The molecule has 0 radical (unpaired) electrons. The zero-order valence-electron chi connectivity index (χ0n) is 9.44. The molecule has 1 rings (SSSR count). The van der Waals surface area contributed by atoms with E-state index >= 15 is 0 Å². The van der Waals surface area contributed by atoms with E-state index in [-0.39, 0.29) is 0 Å². The van der Waals surface area contributed by atoms with Crippen LogP contribution in [-0.4, -0.2) is 62.3 Å². The fourth-order valence-corrected chi connectivity index (χ4v) is 1.88. The van der Waals surface area contributed by atoms with Crippen molar-refractivity contribution in [2.24, 2.45) is 0 Å². The molecular formula is C9H20O5Si. The van der Waals surface area contributed by atoms with Crippen molar-refractivity contribution in [3.63, 3.8) is 0 Å². The first-order chi connectivity index (χ1) is 7.36. The summed E-state index contributed by atoms with van der Waals surface area (Å²) in [4.78, 5) is 0. The number of hydrogen-bond acceptors (Lipinski definition) is 5. The molecule has 0 aromatic rings. The van der Waals surface area contributed by atoms with Crippen molar-refractivity contribution in [1.82, 2.24) is 0 Å². The Bertz CT molecular complexity index is 149. The lowest BCUT2D eigenvalue weighted by molar-refractivity contribution is 0.0803. The van der Waals surface area contributed by atoms with Crippen molar-refractivity contribution >= 4 is 9.28 Å². The highest BCUT2D eigenvalue weighted by Crippen LogP contribution is 2.08. The molecular weight excluding hydrogens is 216 g/mol. The van der Waals surface area contributed by atoms with Crippen LogP contribution in [-0.2, 0) is 23.1 Å². The molecule has 1 heterocycles. The topological polar surface area (TPSA) is 49.5 Å². The molecule has 1 saturated heterocycles. The Morgan fingerprint density at radius 2 is 1.87 bits per heavy atom. The monoisotopic (exact) mass is 236 g/mol. The van der Waals surface area contributed by atoms with Crippen LogP contribution >= 0.6 is 0 Å². The molecule has 1 fully saturated rings. The van der Waals surface area contributed by atoms with Crippen molar-refractivity contribution in [2.75, 3.05) is 46.9 Å². The molecule has 0 saturated carbocycles. The summed E-state index contributed by atoms with van der Waals surface area (Å²) in [6.07, 6.45) is 1.85. The standard InChI is InChI=1S/C9H20O5Si/c1-10-15(11-2)8-13-5-3-4-12-6-9-7-14-9/h9,15H,3-8H2,1-2H3. The SMILES string of the molecule is CO[SiH](COCCCOCC1CO1)OC. The smallest absolute Gasteiger partial charge is 0.347 e. The first-order valence-electron chi connectivity index (χ1n) is 5.19. The highest BCUT2D eigenvalue weighted by molar-refractivity contribution is 6.44. The van der Waals surface area contributed by atoms with Crippen LogP contribution in [0, 0.1) is 0 Å². The summed E-state index contributed by atoms with van der Waals surface area (Å²) in [7, 11) is 1.77. The summed E-state index contributed by atoms with van der Waals surface area (Å²) >= 11 is 0.